The minimum Gasteiger partial charge on any atom is -0.499 e. The molecule has 0 aliphatic rings. The third kappa shape index (κ3) is 7.22. The van der Waals surface area contributed by atoms with Crippen LogP contribution < -0.4 is 0 Å². The van der Waals surface area contributed by atoms with Gasteiger partial charge in [0.1, 0.15) is 0 Å². The highest BCUT2D eigenvalue weighted by molar-refractivity contribution is 7.80. The largest absolute Gasteiger partial charge is 0.499 e. The molecule has 0 saturated heterocycles. The predicted molar refractivity (Wildman–Crippen MR) is 119 cm³/mol. The predicted octanol–water partition coefficient (Wildman–Crippen LogP) is 6.77. The van der Waals surface area contributed by atoms with Crippen molar-refractivity contribution in [2.45, 2.75) is 46.5 Å². The number of hydrogen-bond acceptors (Lipinski definition) is 2. The summed E-state index contributed by atoms with van der Waals surface area (Å²) < 4.78 is 0. The van der Waals surface area contributed by atoms with Gasteiger partial charge in [0.2, 0.25) is 0 Å². The number of hydrogen-bond donors (Lipinski definition) is 2. The van der Waals surface area contributed by atoms with Gasteiger partial charge in [0, 0.05) is 11.1 Å². The van der Waals surface area contributed by atoms with E-state index >= 15 is 0 Å². The summed E-state index contributed by atoms with van der Waals surface area (Å²) in [4.78, 5) is 0. The third-order valence-electron chi connectivity index (χ3n) is 4.20. The Balaban J connectivity index is 0.000000314. The van der Waals surface area contributed by atoms with Gasteiger partial charge in [-0.3, -0.25) is 0 Å². The summed E-state index contributed by atoms with van der Waals surface area (Å²) in [5, 5.41) is 17.9. The minimum atomic E-state index is -0.0457. The molecule has 2 N–H and O–H groups in total. The summed E-state index contributed by atoms with van der Waals surface area (Å²) in [6.07, 6.45) is 2.37. The first-order valence-corrected chi connectivity index (χ1v) is 9.60. The SMILES string of the molecule is CCCC(c1ccc(C(O)=S)cc1)C(C)(C)C.OC(=S)c1ccccc1. The number of aliphatic hydroxyl groups excluding tert-OH is 2. The molecule has 0 saturated carbocycles. The first kappa shape index (κ1) is 22.3. The quantitative estimate of drug-likeness (QED) is 0.555. The van der Waals surface area contributed by atoms with Crippen LogP contribution in [0, 0.1) is 5.41 Å². The maximum atomic E-state index is 9.25. The average molecular weight is 389 g/mol. The van der Waals surface area contributed by atoms with Crippen LogP contribution in [0.3, 0.4) is 0 Å². The lowest BCUT2D eigenvalue weighted by molar-refractivity contribution is 0.303. The molecule has 2 rings (SSSR count). The molecule has 0 aliphatic heterocycles. The fraction of sp³-hybridized carbons (Fsp3) is 0.364. The Bertz CT molecular complexity index is 701. The molecule has 0 radical (unpaired) electrons. The van der Waals surface area contributed by atoms with Crippen LogP contribution in [0.4, 0.5) is 0 Å². The van der Waals surface area contributed by atoms with Crippen LogP contribution in [-0.4, -0.2) is 20.3 Å². The maximum absolute atomic E-state index is 9.25. The van der Waals surface area contributed by atoms with Crippen LogP contribution >= 0.6 is 24.4 Å². The van der Waals surface area contributed by atoms with Gasteiger partial charge < -0.3 is 10.2 Å². The van der Waals surface area contributed by atoms with Gasteiger partial charge in [-0.25, -0.2) is 0 Å². The fourth-order valence-corrected chi connectivity index (χ4v) is 3.10. The van der Waals surface area contributed by atoms with E-state index in [0.717, 1.165) is 5.56 Å². The minimum absolute atomic E-state index is 0.0284. The van der Waals surface area contributed by atoms with Gasteiger partial charge >= 0.3 is 0 Å². The van der Waals surface area contributed by atoms with Crippen molar-refractivity contribution in [1.29, 1.82) is 0 Å². The molecule has 0 heterocycles. The molecule has 1 atom stereocenters. The van der Waals surface area contributed by atoms with Crippen molar-refractivity contribution in [2.75, 3.05) is 0 Å². The maximum Gasteiger partial charge on any atom is 0.188 e. The summed E-state index contributed by atoms with van der Waals surface area (Å²) in [7, 11) is 0. The van der Waals surface area contributed by atoms with E-state index in [2.05, 4.69) is 52.0 Å². The van der Waals surface area contributed by atoms with E-state index in [0.29, 0.717) is 11.5 Å². The Morgan fingerprint density at radius 3 is 1.65 bits per heavy atom. The molecule has 2 aromatic carbocycles. The van der Waals surface area contributed by atoms with Crippen molar-refractivity contribution < 1.29 is 10.2 Å². The summed E-state index contributed by atoms with van der Waals surface area (Å²) in [5.74, 6) is 0.550. The molecule has 4 heteroatoms. The van der Waals surface area contributed by atoms with Gasteiger partial charge in [0.05, 0.1) is 0 Å². The Hall–Kier alpha value is -1.78. The van der Waals surface area contributed by atoms with Gasteiger partial charge in [0.15, 0.2) is 10.1 Å². The number of rotatable bonds is 5. The van der Waals surface area contributed by atoms with Crippen LogP contribution in [0.5, 0.6) is 0 Å². The Morgan fingerprint density at radius 2 is 1.31 bits per heavy atom. The van der Waals surface area contributed by atoms with E-state index in [1.807, 2.05) is 30.3 Å². The number of aliphatic hydroxyl groups is 2. The zero-order valence-corrected chi connectivity index (χ0v) is 17.5. The summed E-state index contributed by atoms with van der Waals surface area (Å²) in [6, 6.07) is 17.1. The fourth-order valence-electron chi connectivity index (χ4n) is 2.83. The van der Waals surface area contributed by atoms with E-state index in [1.165, 1.54) is 18.4 Å². The summed E-state index contributed by atoms with van der Waals surface area (Å²) in [5.41, 5.74) is 3.02. The lowest BCUT2D eigenvalue weighted by atomic mass is 9.74. The molecule has 2 aromatic rings. The topological polar surface area (TPSA) is 40.5 Å². The lowest BCUT2D eigenvalue weighted by Gasteiger charge is -2.31. The second-order valence-electron chi connectivity index (χ2n) is 7.31. The second-order valence-corrected chi connectivity index (χ2v) is 8.08. The van der Waals surface area contributed by atoms with Crippen molar-refractivity contribution in [2.24, 2.45) is 5.41 Å². The third-order valence-corrected chi connectivity index (χ3v) is 4.67. The van der Waals surface area contributed by atoms with Gasteiger partial charge in [-0.15, -0.1) is 0 Å². The highest BCUT2D eigenvalue weighted by atomic mass is 32.1. The van der Waals surface area contributed by atoms with Crippen LogP contribution in [-0.2, 0) is 0 Å². The molecular weight excluding hydrogens is 360 g/mol. The molecule has 0 aliphatic carbocycles. The molecule has 0 fully saturated rings. The molecule has 0 bridgehead atoms. The monoisotopic (exact) mass is 388 g/mol. The molecular formula is C22H28O2S2. The van der Waals surface area contributed by atoms with Gasteiger partial charge in [-0.05, 0) is 47.8 Å². The van der Waals surface area contributed by atoms with Crippen molar-refractivity contribution >= 4 is 34.5 Å². The highest BCUT2D eigenvalue weighted by Gasteiger charge is 2.25. The van der Waals surface area contributed by atoms with Crippen molar-refractivity contribution in [3.63, 3.8) is 0 Å². The van der Waals surface area contributed by atoms with E-state index in [-0.39, 0.29) is 15.5 Å². The Kier molecular flexibility index (Phi) is 8.89. The van der Waals surface area contributed by atoms with Crippen LogP contribution in [0.25, 0.3) is 0 Å². The molecule has 0 amide bonds. The van der Waals surface area contributed by atoms with Crippen molar-refractivity contribution in [1.82, 2.24) is 0 Å². The Morgan fingerprint density at radius 1 is 0.846 bits per heavy atom. The van der Waals surface area contributed by atoms with E-state index in [4.69, 9.17) is 17.3 Å². The Labute approximate surface area is 167 Å². The number of benzene rings is 2. The summed E-state index contributed by atoms with van der Waals surface area (Å²) >= 11 is 9.27. The molecule has 2 nitrogen and oxygen atoms in total. The molecule has 140 valence electrons. The first-order valence-electron chi connectivity index (χ1n) is 8.78. The zero-order valence-electron chi connectivity index (χ0n) is 15.9. The van der Waals surface area contributed by atoms with E-state index < -0.39 is 0 Å². The van der Waals surface area contributed by atoms with Crippen LogP contribution in [0.15, 0.2) is 54.6 Å². The van der Waals surface area contributed by atoms with Crippen molar-refractivity contribution in [3.8, 4) is 0 Å². The first-order chi connectivity index (χ1) is 12.2. The highest BCUT2D eigenvalue weighted by Crippen LogP contribution is 2.38. The molecule has 0 spiro atoms. The molecule has 1 unspecified atom stereocenters. The standard InChI is InChI=1S/C15H22OS.C7H6OS/c1-5-6-13(15(2,3)4)11-7-9-12(10-8-11)14(16)17;8-7(9)6-4-2-1-3-5-6/h7-10,13H,5-6H2,1-4H3,(H,16,17);1-5H,(H,8,9). The van der Waals surface area contributed by atoms with Gasteiger partial charge in [-0.1, -0.05) is 88.7 Å². The average Bonchev–Trinajstić information content (AvgIpc) is 2.60. The normalized spacial score (nSPS) is 11.8. The lowest BCUT2D eigenvalue weighted by Crippen LogP contribution is -2.18. The second kappa shape index (κ2) is 10.4. The van der Waals surface area contributed by atoms with Crippen LogP contribution in [0.1, 0.15) is 63.1 Å². The van der Waals surface area contributed by atoms with E-state index in [1.54, 1.807) is 12.1 Å². The number of thiocarbonyl (C=S) groups is 2. The van der Waals surface area contributed by atoms with Crippen molar-refractivity contribution in [3.05, 3.63) is 71.3 Å². The smallest absolute Gasteiger partial charge is 0.188 e. The van der Waals surface area contributed by atoms with Crippen LogP contribution in [0.2, 0.25) is 0 Å². The summed E-state index contributed by atoms with van der Waals surface area (Å²) in [6.45, 7) is 9.05. The van der Waals surface area contributed by atoms with Gasteiger partial charge in [0.25, 0.3) is 0 Å². The zero-order chi connectivity index (χ0) is 19.7. The molecule has 0 aromatic heterocycles. The molecule has 26 heavy (non-hydrogen) atoms. The van der Waals surface area contributed by atoms with E-state index in [9.17, 15) is 5.11 Å². The van der Waals surface area contributed by atoms with Gasteiger partial charge in [-0.2, -0.15) is 0 Å².